The highest BCUT2D eigenvalue weighted by atomic mass is 35.5. The molecule has 1 aromatic heterocycles. The maximum Gasteiger partial charge on any atom is 0.249 e. The predicted molar refractivity (Wildman–Crippen MR) is 106 cm³/mol. The normalized spacial score (nSPS) is 24.2. The van der Waals surface area contributed by atoms with E-state index in [1.54, 1.807) is 18.3 Å². The van der Waals surface area contributed by atoms with E-state index in [-0.39, 0.29) is 50.0 Å². The third kappa shape index (κ3) is 4.90. The van der Waals surface area contributed by atoms with Gasteiger partial charge >= 0.3 is 0 Å². The molecule has 0 bridgehead atoms. The molecule has 2 fully saturated rings. The average molecular weight is 426 g/mol. The molecule has 1 aliphatic heterocycles. The highest BCUT2D eigenvalue weighted by Gasteiger charge is 2.45. The van der Waals surface area contributed by atoms with Gasteiger partial charge in [0.1, 0.15) is 6.17 Å². The van der Waals surface area contributed by atoms with E-state index in [9.17, 15) is 18.0 Å². The minimum absolute atomic E-state index is 0. The van der Waals surface area contributed by atoms with Crippen molar-refractivity contribution in [2.45, 2.75) is 49.4 Å². The van der Waals surface area contributed by atoms with Gasteiger partial charge in [0, 0.05) is 32.0 Å². The second-order valence-corrected chi connectivity index (χ2v) is 7.62. The van der Waals surface area contributed by atoms with Crippen LogP contribution in [0, 0.1) is 0 Å². The zero-order valence-corrected chi connectivity index (χ0v) is 16.5. The van der Waals surface area contributed by atoms with Gasteiger partial charge in [0.2, 0.25) is 11.8 Å². The number of alkyl halides is 3. The van der Waals surface area contributed by atoms with E-state index in [1.807, 2.05) is 30.3 Å². The topological polar surface area (TPSA) is 54.0 Å². The monoisotopic (exact) mass is 425 g/mol. The Hall–Kier alpha value is -2.12. The van der Waals surface area contributed by atoms with Gasteiger partial charge in [-0.2, -0.15) is 0 Å². The molecule has 2 N–H and O–H groups in total. The molecule has 1 aromatic carbocycles. The molecule has 2 aliphatic rings. The third-order valence-corrected chi connectivity index (χ3v) is 5.48. The number of carbonyl (C=O) groups is 1. The molecule has 8 heteroatoms. The Balaban J connectivity index is 0.00000240. The molecule has 1 saturated heterocycles. The van der Waals surface area contributed by atoms with Crippen LogP contribution in [-0.4, -0.2) is 35.6 Å². The summed E-state index contributed by atoms with van der Waals surface area (Å²) >= 11 is 0. The lowest BCUT2D eigenvalue weighted by Crippen LogP contribution is -2.42. The first-order valence-corrected chi connectivity index (χ1v) is 9.48. The number of rotatable bonds is 5. The Kier molecular flexibility index (Phi) is 6.49. The molecule has 1 saturated carbocycles. The number of pyridine rings is 1. The molecular weight excluding hydrogens is 403 g/mol. The van der Waals surface area contributed by atoms with Gasteiger partial charge in [0.25, 0.3) is 0 Å². The second-order valence-electron chi connectivity index (χ2n) is 7.62. The molecule has 0 radical (unpaired) electrons. The van der Waals surface area contributed by atoms with E-state index in [2.05, 4.69) is 15.6 Å². The standard InChI is InChI=1S/C21H22F3N3O.ClH/c22-16-8-18(26-12-16)20(28)27-19(13-4-2-1-3-5-13)17-7-6-14(11-25-17)15-9-21(23,24)10-15;/h1-7,11,15-16,18-19,26H,8-10,12H2,(H,27,28);1H/t16?,18?,19-;/m0./s1. The Morgan fingerprint density at radius 1 is 1.17 bits per heavy atom. The van der Waals surface area contributed by atoms with Crippen LogP contribution in [0.4, 0.5) is 13.2 Å². The summed E-state index contributed by atoms with van der Waals surface area (Å²) in [7, 11) is 0. The minimum Gasteiger partial charge on any atom is -0.342 e. The van der Waals surface area contributed by atoms with Gasteiger partial charge in [0.05, 0.1) is 17.8 Å². The Labute approximate surface area is 173 Å². The lowest BCUT2D eigenvalue weighted by molar-refractivity contribution is -0.123. The van der Waals surface area contributed by atoms with Gasteiger partial charge in [-0.3, -0.25) is 9.78 Å². The first-order chi connectivity index (χ1) is 13.4. The van der Waals surface area contributed by atoms with E-state index >= 15 is 0 Å². The number of nitrogens with zero attached hydrogens (tertiary/aromatic N) is 1. The van der Waals surface area contributed by atoms with Crippen molar-refractivity contribution < 1.29 is 18.0 Å². The SMILES string of the molecule is Cl.O=C(N[C@@H](c1ccccc1)c1ccc(C2CC(F)(F)C2)cn1)C1CC(F)CN1. The first kappa shape index (κ1) is 21.6. The van der Waals surface area contributed by atoms with E-state index in [4.69, 9.17) is 0 Å². The van der Waals surface area contributed by atoms with E-state index in [1.165, 1.54) is 0 Å². The average Bonchev–Trinajstić information content (AvgIpc) is 3.11. The molecule has 156 valence electrons. The molecule has 3 atom stereocenters. The molecule has 29 heavy (non-hydrogen) atoms. The van der Waals surface area contributed by atoms with Crippen LogP contribution in [0.5, 0.6) is 0 Å². The third-order valence-electron chi connectivity index (χ3n) is 5.48. The van der Waals surface area contributed by atoms with Gasteiger partial charge in [0.15, 0.2) is 0 Å². The lowest BCUT2D eigenvalue weighted by Gasteiger charge is -2.35. The first-order valence-electron chi connectivity index (χ1n) is 9.48. The zero-order chi connectivity index (χ0) is 19.7. The highest BCUT2D eigenvalue weighted by Crippen LogP contribution is 2.48. The fourth-order valence-electron chi connectivity index (χ4n) is 3.83. The van der Waals surface area contributed by atoms with Gasteiger partial charge in [-0.05, 0) is 23.1 Å². The lowest BCUT2D eigenvalue weighted by atomic mass is 9.77. The van der Waals surface area contributed by atoms with E-state index in [0.29, 0.717) is 5.69 Å². The summed E-state index contributed by atoms with van der Waals surface area (Å²) < 4.78 is 39.7. The number of carbonyl (C=O) groups excluding carboxylic acids is 1. The van der Waals surface area contributed by atoms with Crippen LogP contribution < -0.4 is 10.6 Å². The summed E-state index contributed by atoms with van der Waals surface area (Å²) in [6, 6.07) is 11.9. The van der Waals surface area contributed by atoms with Crippen LogP contribution in [0.15, 0.2) is 48.7 Å². The summed E-state index contributed by atoms with van der Waals surface area (Å²) in [5.41, 5.74) is 2.25. The number of nitrogens with one attached hydrogen (secondary N) is 2. The zero-order valence-electron chi connectivity index (χ0n) is 15.7. The number of hydrogen-bond acceptors (Lipinski definition) is 3. The molecular formula is C21H23ClF3N3O. The van der Waals surface area contributed by atoms with Crippen molar-refractivity contribution in [2.75, 3.05) is 6.54 Å². The van der Waals surface area contributed by atoms with Crippen LogP contribution >= 0.6 is 12.4 Å². The number of aromatic nitrogens is 1. The van der Waals surface area contributed by atoms with Crippen LogP contribution in [0.25, 0.3) is 0 Å². The summed E-state index contributed by atoms with van der Waals surface area (Å²) in [5, 5.41) is 5.83. The second kappa shape index (κ2) is 8.71. The molecule has 4 nitrogen and oxygen atoms in total. The summed E-state index contributed by atoms with van der Waals surface area (Å²) in [5.74, 6) is -3.03. The fourth-order valence-corrected chi connectivity index (χ4v) is 3.83. The predicted octanol–water partition coefficient (Wildman–Crippen LogP) is 3.92. The van der Waals surface area contributed by atoms with Crippen LogP contribution in [-0.2, 0) is 4.79 Å². The molecule has 2 unspecified atom stereocenters. The van der Waals surface area contributed by atoms with Crippen LogP contribution in [0.2, 0.25) is 0 Å². The van der Waals surface area contributed by atoms with Gasteiger partial charge in [-0.15, -0.1) is 12.4 Å². The molecule has 0 spiro atoms. The summed E-state index contributed by atoms with van der Waals surface area (Å²) in [6.07, 6.45) is 0.442. The highest BCUT2D eigenvalue weighted by molar-refractivity contribution is 5.85. The minimum atomic E-state index is -2.58. The van der Waals surface area contributed by atoms with Gasteiger partial charge < -0.3 is 10.6 Å². The largest absolute Gasteiger partial charge is 0.342 e. The Morgan fingerprint density at radius 2 is 1.90 bits per heavy atom. The van der Waals surface area contributed by atoms with Crippen molar-refractivity contribution in [1.29, 1.82) is 0 Å². The van der Waals surface area contributed by atoms with E-state index < -0.39 is 24.2 Å². The quantitative estimate of drug-likeness (QED) is 0.763. The van der Waals surface area contributed by atoms with Gasteiger partial charge in [-0.25, -0.2) is 13.2 Å². The van der Waals surface area contributed by atoms with Crippen molar-refractivity contribution in [3.8, 4) is 0 Å². The Morgan fingerprint density at radius 3 is 2.45 bits per heavy atom. The van der Waals surface area contributed by atoms with Crippen molar-refractivity contribution in [3.05, 3.63) is 65.5 Å². The number of benzene rings is 1. The number of halogens is 4. The number of hydrogen-bond donors (Lipinski definition) is 2. The summed E-state index contributed by atoms with van der Waals surface area (Å²) in [6.45, 7) is 0.174. The summed E-state index contributed by atoms with van der Waals surface area (Å²) in [4.78, 5) is 17.0. The Bertz CT molecular complexity index is 827. The van der Waals surface area contributed by atoms with Crippen molar-refractivity contribution in [3.63, 3.8) is 0 Å². The van der Waals surface area contributed by atoms with E-state index in [0.717, 1.165) is 11.1 Å². The smallest absolute Gasteiger partial charge is 0.249 e. The van der Waals surface area contributed by atoms with Crippen molar-refractivity contribution >= 4 is 18.3 Å². The number of amides is 1. The molecule has 2 heterocycles. The van der Waals surface area contributed by atoms with Crippen molar-refractivity contribution in [1.82, 2.24) is 15.6 Å². The maximum atomic E-state index is 13.4. The van der Waals surface area contributed by atoms with Gasteiger partial charge in [-0.1, -0.05) is 36.4 Å². The maximum absolute atomic E-state index is 13.4. The molecule has 1 aliphatic carbocycles. The molecule has 4 rings (SSSR count). The molecule has 1 amide bonds. The van der Waals surface area contributed by atoms with Crippen LogP contribution in [0.3, 0.4) is 0 Å². The molecule has 2 aromatic rings. The fraction of sp³-hybridized carbons (Fsp3) is 0.429. The van der Waals surface area contributed by atoms with Crippen LogP contribution in [0.1, 0.15) is 48.0 Å². The van der Waals surface area contributed by atoms with Crippen molar-refractivity contribution in [2.24, 2.45) is 0 Å².